The van der Waals surface area contributed by atoms with Crippen molar-refractivity contribution in [1.82, 2.24) is 10.2 Å². The standard InChI is InChI=1S/C11H16F2N2O/c12-11(13)2-1-7-5-15(6-9(7)11)10(16)8-3-14-4-8/h7-9,14H,1-6H2/t7-,9+/m0/s1. The summed E-state index contributed by atoms with van der Waals surface area (Å²) in [6.07, 6.45) is 0.583. The van der Waals surface area contributed by atoms with Crippen molar-refractivity contribution in [3.8, 4) is 0 Å². The normalized spacial score (nSPS) is 37.2. The van der Waals surface area contributed by atoms with Gasteiger partial charge in [-0.3, -0.25) is 4.79 Å². The largest absolute Gasteiger partial charge is 0.342 e. The molecule has 3 rings (SSSR count). The Morgan fingerprint density at radius 3 is 2.62 bits per heavy atom. The minimum atomic E-state index is -2.54. The Kier molecular flexibility index (Phi) is 2.21. The van der Waals surface area contributed by atoms with E-state index < -0.39 is 11.8 Å². The molecule has 0 unspecified atom stereocenters. The van der Waals surface area contributed by atoms with E-state index in [9.17, 15) is 13.6 Å². The molecule has 0 bridgehead atoms. The highest BCUT2D eigenvalue weighted by Gasteiger charge is 2.55. The lowest BCUT2D eigenvalue weighted by Gasteiger charge is -2.30. The molecule has 0 aromatic rings. The van der Waals surface area contributed by atoms with Gasteiger partial charge in [-0.1, -0.05) is 0 Å². The molecule has 0 aromatic heterocycles. The van der Waals surface area contributed by atoms with Crippen LogP contribution in [0.4, 0.5) is 8.78 Å². The lowest BCUT2D eigenvalue weighted by atomic mass is 9.99. The van der Waals surface area contributed by atoms with E-state index in [-0.39, 0.29) is 30.7 Å². The van der Waals surface area contributed by atoms with Crippen LogP contribution in [-0.2, 0) is 4.79 Å². The maximum absolute atomic E-state index is 13.5. The van der Waals surface area contributed by atoms with Gasteiger partial charge in [-0.25, -0.2) is 8.78 Å². The van der Waals surface area contributed by atoms with Gasteiger partial charge in [-0.05, 0) is 12.3 Å². The summed E-state index contributed by atoms with van der Waals surface area (Å²) in [4.78, 5) is 13.6. The smallest absolute Gasteiger partial charge is 0.252 e. The van der Waals surface area contributed by atoms with Crippen molar-refractivity contribution in [2.75, 3.05) is 26.2 Å². The molecule has 0 spiro atoms. The van der Waals surface area contributed by atoms with Gasteiger partial charge in [0.1, 0.15) is 0 Å². The molecule has 3 nitrogen and oxygen atoms in total. The SMILES string of the molecule is O=C(C1CNC1)N1C[C@@H]2CCC(F)(F)[C@@H]2C1. The number of rotatable bonds is 1. The van der Waals surface area contributed by atoms with Crippen molar-refractivity contribution in [2.24, 2.45) is 17.8 Å². The summed E-state index contributed by atoms with van der Waals surface area (Å²) >= 11 is 0. The van der Waals surface area contributed by atoms with E-state index in [2.05, 4.69) is 5.32 Å². The Labute approximate surface area is 93.2 Å². The second-order valence-electron chi connectivity index (χ2n) is 5.26. The number of carbonyl (C=O) groups is 1. The molecular formula is C11H16F2N2O. The number of hydrogen-bond donors (Lipinski definition) is 1. The summed E-state index contributed by atoms with van der Waals surface area (Å²) in [7, 11) is 0. The number of fused-ring (bicyclic) bond motifs is 1. The molecule has 90 valence electrons. The Balaban J connectivity index is 1.67. The lowest BCUT2D eigenvalue weighted by molar-refractivity contribution is -0.137. The van der Waals surface area contributed by atoms with E-state index in [1.165, 1.54) is 0 Å². The van der Waals surface area contributed by atoms with Crippen LogP contribution in [0.5, 0.6) is 0 Å². The van der Waals surface area contributed by atoms with E-state index >= 15 is 0 Å². The fourth-order valence-corrected chi connectivity index (χ4v) is 3.11. The molecule has 16 heavy (non-hydrogen) atoms. The van der Waals surface area contributed by atoms with Gasteiger partial charge in [-0.2, -0.15) is 0 Å². The molecule has 1 amide bonds. The van der Waals surface area contributed by atoms with Gasteiger partial charge < -0.3 is 10.2 Å². The third kappa shape index (κ3) is 1.44. The molecule has 2 aliphatic heterocycles. The number of carbonyl (C=O) groups excluding carboxylic acids is 1. The highest BCUT2D eigenvalue weighted by molar-refractivity contribution is 5.80. The lowest BCUT2D eigenvalue weighted by Crippen LogP contribution is -2.51. The van der Waals surface area contributed by atoms with Gasteiger partial charge in [0.25, 0.3) is 5.92 Å². The first-order valence-electron chi connectivity index (χ1n) is 5.95. The number of hydrogen-bond acceptors (Lipinski definition) is 2. The molecule has 2 heterocycles. The first-order valence-corrected chi connectivity index (χ1v) is 5.95. The molecule has 0 aromatic carbocycles. The van der Waals surface area contributed by atoms with Crippen LogP contribution in [0.1, 0.15) is 12.8 Å². The maximum Gasteiger partial charge on any atom is 0.252 e. The molecule has 3 aliphatic rings. The third-order valence-corrected chi connectivity index (χ3v) is 4.27. The van der Waals surface area contributed by atoms with Crippen molar-refractivity contribution in [1.29, 1.82) is 0 Å². The van der Waals surface area contributed by atoms with E-state index in [4.69, 9.17) is 0 Å². The van der Waals surface area contributed by atoms with Crippen LogP contribution in [0.3, 0.4) is 0 Å². The Morgan fingerprint density at radius 2 is 2.06 bits per heavy atom. The molecule has 3 fully saturated rings. The van der Waals surface area contributed by atoms with E-state index in [1.54, 1.807) is 4.90 Å². The number of likely N-dealkylation sites (tertiary alicyclic amines) is 1. The molecule has 2 saturated heterocycles. The molecule has 5 heteroatoms. The van der Waals surface area contributed by atoms with Crippen LogP contribution in [0, 0.1) is 17.8 Å². The van der Waals surface area contributed by atoms with Gasteiger partial charge in [0.15, 0.2) is 0 Å². The van der Waals surface area contributed by atoms with Crippen LogP contribution in [0.2, 0.25) is 0 Å². The molecule has 1 aliphatic carbocycles. The third-order valence-electron chi connectivity index (χ3n) is 4.27. The number of halogens is 2. The Morgan fingerprint density at radius 1 is 1.31 bits per heavy atom. The minimum absolute atomic E-state index is 0.00927. The van der Waals surface area contributed by atoms with Crippen LogP contribution in [-0.4, -0.2) is 42.9 Å². The van der Waals surface area contributed by atoms with E-state index in [1.807, 2.05) is 0 Å². The quantitative estimate of drug-likeness (QED) is 0.719. The molecule has 0 radical (unpaired) electrons. The summed E-state index contributed by atoms with van der Waals surface area (Å²) in [6.45, 7) is 2.24. The van der Waals surface area contributed by atoms with E-state index in [0.717, 1.165) is 0 Å². The van der Waals surface area contributed by atoms with Gasteiger partial charge in [0.05, 0.1) is 5.92 Å². The van der Waals surface area contributed by atoms with Crippen LogP contribution in [0.25, 0.3) is 0 Å². The monoisotopic (exact) mass is 230 g/mol. The number of amides is 1. The van der Waals surface area contributed by atoms with Gasteiger partial charge >= 0.3 is 0 Å². The second kappa shape index (κ2) is 3.39. The van der Waals surface area contributed by atoms with E-state index in [0.29, 0.717) is 26.1 Å². The Hall–Kier alpha value is -0.710. The summed E-state index contributed by atoms with van der Waals surface area (Å²) in [5.41, 5.74) is 0. The van der Waals surface area contributed by atoms with Gasteiger partial charge in [0.2, 0.25) is 5.91 Å². The van der Waals surface area contributed by atoms with Crippen molar-refractivity contribution >= 4 is 5.91 Å². The topological polar surface area (TPSA) is 32.3 Å². The zero-order valence-electron chi connectivity index (χ0n) is 9.09. The van der Waals surface area contributed by atoms with Crippen LogP contribution >= 0.6 is 0 Å². The van der Waals surface area contributed by atoms with Crippen molar-refractivity contribution in [3.63, 3.8) is 0 Å². The maximum atomic E-state index is 13.5. The zero-order chi connectivity index (χ0) is 11.3. The second-order valence-corrected chi connectivity index (χ2v) is 5.26. The molecular weight excluding hydrogens is 214 g/mol. The Bertz CT molecular complexity index is 317. The average molecular weight is 230 g/mol. The first kappa shape index (κ1) is 10.4. The summed E-state index contributed by atoms with van der Waals surface area (Å²) in [5.74, 6) is -2.98. The fraction of sp³-hybridized carbons (Fsp3) is 0.909. The number of nitrogens with zero attached hydrogens (tertiary/aromatic N) is 1. The highest BCUT2D eigenvalue weighted by Crippen LogP contribution is 2.48. The number of nitrogens with one attached hydrogen (secondary N) is 1. The predicted molar refractivity (Wildman–Crippen MR) is 54.1 cm³/mol. The number of alkyl halides is 2. The summed E-state index contributed by atoms with van der Waals surface area (Å²) in [5, 5.41) is 3.04. The predicted octanol–water partition coefficient (Wildman–Crippen LogP) is 0.710. The summed E-state index contributed by atoms with van der Waals surface area (Å²) in [6, 6.07) is 0. The highest BCUT2D eigenvalue weighted by atomic mass is 19.3. The van der Waals surface area contributed by atoms with Crippen molar-refractivity contribution in [3.05, 3.63) is 0 Å². The average Bonchev–Trinajstić information content (AvgIpc) is 2.65. The molecule has 2 atom stereocenters. The summed E-state index contributed by atoms with van der Waals surface area (Å²) < 4.78 is 27.0. The van der Waals surface area contributed by atoms with Crippen molar-refractivity contribution in [2.45, 2.75) is 18.8 Å². The fourth-order valence-electron chi connectivity index (χ4n) is 3.11. The van der Waals surface area contributed by atoms with Gasteiger partial charge in [-0.15, -0.1) is 0 Å². The molecule has 1 saturated carbocycles. The zero-order valence-corrected chi connectivity index (χ0v) is 9.09. The van der Waals surface area contributed by atoms with Crippen LogP contribution in [0.15, 0.2) is 0 Å². The van der Waals surface area contributed by atoms with Gasteiger partial charge in [0, 0.05) is 38.5 Å². The van der Waals surface area contributed by atoms with Crippen LogP contribution < -0.4 is 5.32 Å². The molecule has 1 N–H and O–H groups in total. The van der Waals surface area contributed by atoms with Crippen molar-refractivity contribution < 1.29 is 13.6 Å². The minimum Gasteiger partial charge on any atom is -0.342 e. The first-order chi connectivity index (χ1) is 7.58.